The number of H-pyrrole nitrogens is 1. The average molecular weight is 1100 g/mol. The number of hydrogen-bond acceptors (Lipinski definition) is 22. The summed E-state index contributed by atoms with van der Waals surface area (Å²) in [5.41, 5.74) is 27.0. The topological polar surface area (TPSA) is 436 Å². The summed E-state index contributed by atoms with van der Waals surface area (Å²) >= 11 is 0. The summed E-state index contributed by atoms with van der Waals surface area (Å²) in [6.45, 7) is 4.72. The van der Waals surface area contributed by atoms with Crippen LogP contribution in [0.3, 0.4) is 0 Å². The molecule has 2 atom stereocenters. The molecule has 0 spiro atoms. The second-order valence-electron chi connectivity index (χ2n) is 16.9. The van der Waals surface area contributed by atoms with E-state index in [1.165, 1.54) is 47.4 Å². The Hall–Kier alpha value is -10.1. The van der Waals surface area contributed by atoms with E-state index in [2.05, 4.69) is 51.1 Å². The van der Waals surface area contributed by atoms with Crippen LogP contribution in [0.25, 0.3) is 10.9 Å². The Morgan fingerprint density at radius 3 is 2.22 bits per heavy atom. The molecule has 0 aliphatic carbocycles. The van der Waals surface area contributed by atoms with Gasteiger partial charge in [0.2, 0.25) is 24.1 Å². The van der Waals surface area contributed by atoms with E-state index in [0.29, 0.717) is 53.2 Å². The lowest BCUT2D eigenvalue weighted by Crippen LogP contribution is -2.50. The van der Waals surface area contributed by atoms with Crippen molar-refractivity contribution in [1.29, 1.82) is 0 Å². The normalized spacial score (nSPS) is 12.9. The number of aromatic nitrogens is 5. The average Bonchev–Trinajstić information content (AvgIpc) is 3.87. The van der Waals surface area contributed by atoms with E-state index in [1.54, 1.807) is 40.4 Å². The Bertz CT molecular complexity index is 3460. The molecule has 7 aromatic rings. The number of carboxylic acid groups (broad SMARTS) is 2. The van der Waals surface area contributed by atoms with Crippen LogP contribution in [0, 0.1) is 13.8 Å². The quantitative estimate of drug-likeness (QED) is 0.0408. The van der Waals surface area contributed by atoms with Crippen LogP contribution < -0.4 is 73.6 Å². The highest BCUT2D eigenvalue weighted by molar-refractivity contribution is 7.92. The highest BCUT2D eigenvalue weighted by atomic mass is 32.2. The van der Waals surface area contributed by atoms with Crippen molar-refractivity contribution in [3.05, 3.63) is 112 Å². The zero-order valence-corrected chi connectivity index (χ0v) is 43.4. The monoisotopic (exact) mass is 1100 g/mol. The van der Waals surface area contributed by atoms with Gasteiger partial charge < -0.3 is 78.0 Å². The summed E-state index contributed by atoms with van der Waals surface area (Å²) in [6.07, 6.45) is -0.145. The van der Waals surface area contributed by atoms with Gasteiger partial charge in [0.05, 0.1) is 37.8 Å². The Kier molecular flexibility index (Phi) is 18.7. The van der Waals surface area contributed by atoms with Crippen LogP contribution in [0.5, 0.6) is 17.2 Å². The number of nitrogens with two attached hydrogens (primary N) is 4. The number of nitrogens with one attached hydrogen (secondary N) is 6. The van der Waals surface area contributed by atoms with Gasteiger partial charge in [-0.3, -0.25) is 28.9 Å². The van der Waals surface area contributed by atoms with E-state index in [1.807, 2.05) is 31.2 Å². The Labute approximate surface area is 444 Å². The first kappa shape index (κ1) is 57.2. The summed E-state index contributed by atoms with van der Waals surface area (Å²) in [4.78, 5) is 74.5. The van der Waals surface area contributed by atoms with Gasteiger partial charge in [-0.25, -0.2) is 18.2 Å². The van der Waals surface area contributed by atoms with Crippen molar-refractivity contribution in [3.63, 3.8) is 0 Å². The third kappa shape index (κ3) is 14.4. The molecule has 0 saturated heterocycles. The fourth-order valence-corrected chi connectivity index (χ4v) is 8.72. The summed E-state index contributed by atoms with van der Waals surface area (Å²) in [5.74, 6) is -0.126. The molecule has 0 radical (unpaired) electrons. The van der Waals surface area contributed by atoms with Crippen molar-refractivity contribution >= 4 is 97.3 Å². The molecular formula is C49H57N15O13S. The summed E-state index contributed by atoms with van der Waals surface area (Å²) in [6, 6.07) is 19.3. The number of nitrogen functional groups attached to an aromatic ring is 4. The zero-order valence-electron chi connectivity index (χ0n) is 42.6. The zero-order chi connectivity index (χ0) is 56.8. The van der Waals surface area contributed by atoms with Gasteiger partial charge in [-0.2, -0.15) is 9.97 Å². The minimum atomic E-state index is -3.64. The predicted molar refractivity (Wildman–Crippen MR) is 290 cm³/mol. The van der Waals surface area contributed by atoms with E-state index in [9.17, 15) is 37.5 Å². The van der Waals surface area contributed by atoms with Crippen LogP contribution in [0.4, 0.5) is 52.1 Å². The van der Waals surface area contributed by atoms with Gasteiger partial charge in [0.15, 0.2) is 28.8 Å². The molecule has 8 rings (SSSR count). The maximum absolute atomic E-state index is 12.5. The van der Waals surface area contributed by atoms with E-state index >= 15 is 0 Å². The number of aryl methyl sites for hydroxylation is 2. The third-order valence-electron chi connectivity index (χ3n) is 11.6. The number of fused-ring (bicyclic) bond motifs is 2. The molecule has 0 fully saturated rings. The highest BCUT2D eigenvalue weighted by Gasteiger charge is 2.30. The largest absolute Gasteiger partial charge is 0.493 e. The second-order valence-corrected chi connectivity index (χ2v) is 18.6. The number of hydrogen-bond donors (Lipinski definition) is 12. The van der Waals surface area contributed by atoms with Crippen molar-refractivity contribution in [3.8, 4) is 17.2 Å². The fraction of sp³-hybridized carbons (Fsp3) is 0.245. The predicted octanol–water partition coefficient (Wildman–Crippen LogP) is 3.38. The Balaban J connectivity index is 0.000000199. The van der Waals surface area contributed by atoms with E-state index in [-0.39, 0.29) is 59.2 Å². The van der Waals surface area contributed by atoms with Crippen LogP contribution in [-0.2, 0) is 31.0 Å². The van der Waals surface area contributed by atoms with Crippen molar-refractivity contribution in [2.45, 2.75) is 50.2 Å². The molecule has 29 heteroatoms. The highest BCUT2D eigenvalue weighted by Crippen LogP contribution is 2.40. The van der Waals surface area contributed by atoms with Gasteiger partial charge in [-0.1, -0.05) is 17.3 Å². The molecular weight excluding hydrogens is 1040 g/mol. The number of aromatic amines is 1. The van der Waals surface area contributed by atoms with Crippen molar-refractivity contribution in [2.24, 2.45) is 0 Å². The van der Waals surface area contributed by atoms with Crippen molar-refractivity contribution in [1.82, 2.24) is 30.4 Å². The first-order chi connectivity index (χ1) is 37.1. The first-order valence-electron chi connectivity index (χ1n) is 23.3. The number of rotatable bonds is 19. The SMILES string of the molecule is COc1cc(NCc2ccc3nc(N)nc(N)c3c2C)cc(OC)c1OC.Cc1cc(NS(=O)(=O)c2ccc(N)cc2)no1.Nc1nc2c(c(=O)[nH]1)N(C=O)C(CNc1cccc(C(=O)NC(CCC(=O)O)C(=O)O)c1)CN2. The number of carboxylic acids is 2. The lowest BCUT2D eigenvalue weighted by Gasteiger charge is -2.34. The molecule has 78 heavy (non-hydrogen) atoms. The number of ether oxygens (including phenoxy) is 3. The van der Waals surface area contributed by atoms with Gasteiger partial charge in [0, 0.05) is 72.3 Å². The minimum absolute atomic E-state index is 0.0384. The Morgan fingerprint density at radius 1 is 0.897 bits per heavy atom. The summed E-state index contributed by atoms with van der Waals surface area (Å²) < 4.78 is 47.0. The molecule has 16 N–H and O–H groups in total. The standard InChI is InChI=1S/C20H23N7O7.C19H23N5O3.C10H11N3O3S/c21-20-25-16-15(18(32)26-20)27(9-28)12(8-23-16)7-22-11-3-1-2-10(6-11)17(31)24-13(19(33)34)4-5-14(29)30;1-10-11(5-6-13-16(10)18(20)24-19(21)23-13)9-22-12-7-14(25-2)17(27-4)15(8-12)26-3;1-7-6-10(12-16-7)13-17(14,15)9-4-2-8(11)3-5-9/h1-3,6,9,12-13,22H,4-5,7-8H2,(H,24,31)(H,29,30)(H,33,34)(H4,21,23,25,26,32);5-8,22H,9H2,1-4H3,(H4,20,21,23,24);2-6H,11H2,1H3,(H,12,13). The fourth-order valence-electron chi connectivity index (χ4n) is 7.74. The lowest BCUT2D eigenvalue weighted by molar-refractivity contribution is -0.140. The van der Waals surface area contributed by atoms with E-state index in [0.717, 1.165) is 27.7 Å². The van der Waals surface area contributed by atoms with Crippen molar-refractivity contribution in [2.75, 3.05) is 82.9 Å². The number of aliphatic carboxylic acids is 2. The van der Waals surface area contributed by atoms with Crippen LogP contribution >= 0.6 is 0 Å². The Morgan fingerprint density at radius 2 is 1.60 bits per heavy atom. The number of carbonyl (C=O) groups is 4. The molecule has 28 nitrogen and oxygen atoms in total. The number of carbonyl (C=O) groups excluding carboxylic acids is 2. The maximum Gasteiger partial charge on any atom is 0.326 e. The number of benzene rings is 4. The van der Waals surface area contributed by atoms with E-state index in [4.69, 9.17) is 46.8 Å². The molecule has 1 aliphatic rings. The van der Waals surface area contributed by atoms with Gasteiger partial charge in [-0.05, 0) is 79.9 Å². The van der Waals surface area contributed by atoms with Crippen LogP contribution in [-0.4, -0.2) is 114 Å². The van der Waals surface area contributed by atoms with Crippen LogP contribution in [0.1, 0.15) is 40.1 Å². The number of nitrogens with zero attached hydrogens (tertiary/aromatic N) is 5. The molecule has 4 heterocycles. The molecule has 0 saturated carbocycles. The molecule has 4 aromatic carbocycles. The molecule has 3 aromatic heterocycles. The van der Waals surface area contributed by atoms with Crippen molar-refractivity contribution < 1.29 is 56.5 Å². The lowest BCUT2D eigenvalue weighted by atomic mass is 10.0. The second kappa shape index (κ2) is 25.5. The molecule has 0 bridgehead atoms. The molecule has 2 amide bonds. The first-order valence-corrected chi connectivity index (χ1v) is 24.8. The number of amides is 2. The third-order valence-corrected chi connectivity index (χ3v) is 13.0. The van der Waals surface area contributed by atoms with Gasteiger partial charge in [0.25, 0.3) is 21.5 Å². The van der Waals surface area contributed by atoms with Crippen LogP contribution in [0.15, 0.2) is 93.1 Å². The van der Waals surface area contributed by atoms with Gasteiger partial charge in [0.1, 0.15) is 17.6 Å². The van der Waals surface area contributed by atoms with Gasteiger partial charge in [-0.15, -0.1) is 0 Å². The van der Waals surface area contributed by atoms with Gasteiger partial charge >= 0.3 is 11.9 Å². The maximum atomic E-state index is 12.5. The molecule has 2 unspecified atom stereocenters. The number of sulfonamides is 1. The number of methoxy groups -OCH3 is 3. The minimum Gasteiger partial charge on any atom is -0.493 e. The summed E-state index contributed by atoms with van der Waals surface area (Å²) in [7, 11) is 1.10. The molecule has 412 valence electrons. The van der Waals surface area contributed by atoms with E-state index < -0.39 is 51.9 Å². The smallest absolute Gasteiger partial charge is 0.326 e. The van der Waals surface area contributed by atoms with Crippen LogP contribution in [0.2, 0.25) is 0 Å². The summed E-state index contributed by atoms with van der Waals surface area (Å²) in [5, 5.41) is 34.1. The number of anilines is 9. The molecule has 1 aliphatic heterocycles.